The summed E-state index contributed by atoms with van der Waals surface area (Å²) in [6.07, 6.45) is 7.73. The van der Waals surface area contributed by atoms with Crippen LogP contribution in [0.3, 0.4) is 0 Å². The van der Waals surface area contributed by atoms with Gasteiger partial charge in [-0.1, -0.05) is 31.4 Å². The zero-order valence-electron chi connectivity index (χ0n) is 5.93. The Labute approximate surface area is 61.4 Å². The lowest BCUT2D eigenvalue weighted by Crippen LogP contribution is -2.15. The Balaban J connectivity index is 2.94. The van der Waals surface area contributed by atoms with Crippen molar-refractivity contribution in [3.63, 3.8) is 0 Å². The van der Waals surface area contributed by atoms with E-state index in [1.54, 1.807) is 6.08 Å². The fraction of sp³-hybridized carbons (Fsp3) is 0.111. The normalized spacial score (nSPS) is 16.4. The van der Waals surface area contributed by atoms with E-state index in [9.17, 15) is 0 Å². The van der Waals surface area contributed by atoms with Gasteiger partial charge in [0.2, 0.25) is 0 Å². The van der Waals surface area contributed by atoms with Gasteiger partial charge in [0.05, 0.1) is 0 Å². The molecular weight excluding hydrogens is 122 g/mol. The molecule has 1 N–H and O–H groups in total. The Morgan fingerprint density at radius 2 is 2.20 bits per heavy atom. The van der Waals surface area contributed by atoms with E-state index >= 15 is 0 Å². The smallest absolute Gasteiger partial charge is 0.0409 e. The molecule has 0 fully saturated rings. The van der Waals surface area contributed by atoms with Crippen LogP contribution >= 0.6 is 0 Å². The Hall–Kier alpha value is -1.24. The van der Waals surface area contributed by atoms with E-state index in [1.165, 1.54) is 0 Å². The molecule has 0 amide bonds. The zero-order valence-corrected chi connectivity index (χ0v) is 5.93. The van der Waals surface area contributed by atoms with E-state index in [0.29, 0.717) is 0 Å². The van der Waals surface area contributed by atoms with Crippen molar-refractivity contribution in [3.05, 3.63) is 48.7 Å². The first-order valence-electron chi connectivity index (χ1n) is 3.28. The summed E-state index contributed by atoms with van der Waals surface area (Å²) in [5.41, 5.74) is 2.18. The fourth-order valence-electron chi connectivity index (χ4n) is 0.915. The Morgan fingerprint density at radius 1 is 1.40 bits per heavy atom. The molecular formula is C9H11N. The highest BCUT2D eigenvalue weighted by Gasteiger charge is 1.98. The minimum Gasteiger partial charge on any atom is -0.381 e. The third kappa shape index (κ3) is 1.18. The standard InChI is InChI=1S/C9H11N/c1-3-8-6-5-7-10-9(8)4-2/h3-6,10H,1-2,7H2. The Kier molecular flexibility index (Phi) is 2.11. The second kappa shape index (κ2) is 3.06. The van der Waals surface area contributed by atoms with Crippen LogP contribution in [0.25, 0.3) is 0 Å². The van der Waals surface area contributed by atoms with Crippen LogP contribution in [0, 0.1) is 0 Å². The molecule has 0 saturated heterocycles. The van der Waals surface area contributed by atoms with Crippen LogP contribution in [0.4, 0.5) is 0 Å². The second-order valence-corrected chi connectivity index (χ2v) is 2.06. The number of hydrogen-bond acceptors (Lipinski definition) is 1. The van der Waals surface area contributed by atoms with Gasteiger partial charge in [-0.2, -0.15) is 0 Å². The lowest BCUT2D eigenvalue weighted by atomic mass is 10.1. The molecule has 0 saturated carbocycles. The predicted molar refractivity (Wildman–Crippen MR) is 44.6 cm³/mol. The highest BCUT2D eigenvalue weighted by molar-refractivity contribution is 5.40. The zero-order chi connectivity index (χ0) is 7.40. The van der Waals surface area contributed by atoms with Crippen LogP contribution in [-0.2, 0) is 0 Å². The van der Waals surface area contributed by atoms with Crippen molar-refractivity contribution in [2.75, 3.05) is 6.54 Å². The fourth-order valence-corrected chi connectivity index (χ4v) is 0.915. The molecule has 0 aromatic rings. The molecule has 0 aromatic carbocycles. The molecule has 1 aliphatic rings. The molecule has 0 spiro atoms. The SMILES string of the molecule is C=CC1=C(C=C)NCC=C1. The monoisotopic (exact) mass is 133 g/mol. The minimum absolute atomic E-state index is 0.888. The van der Waals surface area contributed by atoms with Crippen molar-refractivity contribution in [1.29, 1.82) is 0 Å². The number of rotatable bonds is 2. The van der Waals surface area contributed by atoms with E-state index in [1.807, 2.05) is 12.2 Å². The maximum Gasteiger partial charge on any atom is 0.0409 e. The minimum atomic E-state index is 0.888. The summed E-state index contributed by atoms with van der Waals surface area (Å²) in [7, 11) is 0. The Bertz CT molecular complexity index is 209. The average molecular weight is 133 g/mol. The van der Waals surface area contributed by atoms with Gasteiger partial charge < -0.3 is 5.32 Å². The van der Waals surface area contributed by atoms with Gasteiger partial charge in [-0.15, -0.1) is 0 Å². The molecule has 1 heteroatoms. The van der Waals surface area contributed by atoms with Crippen molar-refractivity contribution in [2.24, 2.45) is 0 Å². The summed E-state index contributed by atoms with van der Waals surface area (Å²) in [6.45, 7) is 8.25. The van der Waals surface area contributed by atoms with Gasteiger partial charge in [0, 0.05) is 12.2 Å². The van der Waals surface area contributed by atoms with Gasteiger partial charge in [0.1, 0.15) is 0 Å². The van der Waals surface area contributed by atoms with E-state index in [-0.39, 0.29) is 0 Å². The van der Waals surface area contributed by atoms with Crippen molar-refractivity contribution < 1.29 is 0 Å². The highest BCUT2D eigenvalue weighted by atomic mass is 14.9. The van der Waals surface area contributed by atoms with Crippen molar-refractivity contribution in [3.8, 4) is 0 Å². The first-order valence-corrected chi connectivity index (χ1v) is 3.28. The Morgan fingerprint density at radius 3 is 2.70 bits per heavy atom. The largest absolute Gasteiger partial charge is 0.381 e. The number of allylic oxidation sites excluding steroid dienone is 4. The molecule has 10 heavy (non-hydrogen) atoms. The second-order valence-electron chi connectivity index (χ2n) is 2.06. The van der Waals surface area contributed by atoms with Crippen LogP contribution in [-0.4, -0.2) is 6.54 Å². The van der Waals surface area contributed by atoms with Crippen LogP contribution in [0.1, 0.15) is 0 Å². The first kappa shape index (κ1) is 6.87. The third-order valence-corrected chi connectivity index (χ3v) is 1.44. The van der Waals surface area contributed by atoms with Gasteiger partial charge in [0.25, 0.3) is 0 Å². The van der Waals surface area contributed by atoms with Gasteiger partial charge >= 0.3 is 0 Å². The average Bonchev–Trinajstić information content (AvgIpc) is 2.04. The van der Waals surface area contributed by atoms with Crippen LogP contribution in [0.15, 0.2) is 48.7 Å². The van der Waals surface area contributed by atoms with Crippen LogP contribution in [0.5, 0.6) is 0 Å². The van der Waals surface area contributed by atoms with Gasteiger partial charge in [-0.3, -0.25) is 0 Å². The lowest BCUT2D eigenvalue weighted by Gasteiger charge is -2.11. The van der Waals surface area contributed by atoms with Crippen LogP contribution < -0.4 is 5.32 Å². The van der Waals surface area contributed by atoms with E-state index in [0.717, 1.165) is 17.8 Å². The molecule has 0 radical (unpaired) electrons. The van der Waals surface area contributed by atoms with Gasteiger partial charge in [-0.25, -0.2) is 0 Å². The maximum atomic E-state index is 3.69. The van der Waals surface area contributed by atoms with E-state index < -0.39 is 0 Å². The molecule has 52 valence electrons. The summed E-state index contributed by atoms with van der Waals surface area (Å²) < 4.78 is 0. The van der Waals surface area contributed by atoms with Crippen molar-refractivity contribution >= 4 is 0 Å². The molecule has 0 unspecified atom stereocenters. The molecule has 0 bridgehead atoms. The summed E-state index contributed by atoms with van der Waals surface area (Å²) in [4.78, 5) is 0. The number of nitrogens with one attached hydrogen (secondary N) is 1. The number of dihydropyridines is 1. The predicted octanol–water partition coefficient (Wildman–Crippen LogP) is 1.77. The maximum absolute atomic E-state index is 3.69. The summed E-state index contributed by atoms with van der Waals surface area (Å²) >= 11 is 0. The molecule has 0 aliphatic carbocycles. The van der Waals surface area contributed by atoms with Gasteiger partial charge in [-0.05, 0) is 11.6 Å². The molecule has 0 aromatic heterocycles. The summed E-state index contributed by atoms with van der Waals surface area (Å²) in [5, 5.41) is 3.17. The molecule has 0 atom stereocenters. The van der Waals surface area contributed by atoms with E-state index in [2.05, 4.69) is 24.6 Å². The van der Waals surface area contributed by atoms with Crippen molar-refractivity contribution in [2.45, 2.75) is 0 Å². The first-order chi connectivity index (χ1) is 4.88. The van der Waals surface area contributed by atoms with Gasteiger partial charge in [0.15, 0.2) is 0 Å². The van der Waals surface area contributed by atoms with Crippen LogP contribution in [0.2, 0.25) is 0 Å². The molecule has 1 aliphatic heterocycles. The topological polar surface area (TPSA) is 12.0 Å². The van der Waals surface area contributed by atoms with E-state index in [4.69, 9.17) is 0 Å². The van der Waals surface area contributed by atoms with Crippen molar-refractivity contribution in [1.82, 2.24) is 5.32 Å². The molecule has 1 heterocycles. The summed E-state index contributed by atoms with van der Waals surface area (Å²) in [5.74, 6) is 0. The number of hydrogen-bond donors (Lipinski definition) is 1. The lowest BCUT2D eigenvalue weighted by molar-refractivity contribution is 0.911. The molecule has 1 nitrogen and oxygen atoms in total. The highest BCUT2D eigenvalue weighted by Crippen LogP contribution is 2.08. The third-order valence-electron chi connectivity index (χ3n) is 1.44. The molecule has 1 rings (SSSR count). The quantitative estimate of drug-likeness (QED) is 0.605. The summed E-state index contributed by atoms with van der Waals surface area (Å²) in [6, 6.07) is 0.